The molecular formula is C26H28F2N2O9. The van der Waals surface area contributed by atoms with E-state index in [0.29, 0.717) is 23.8 Å². The molecule has 39 heavy (non-hydrogen) atoms. The van der Waals surface area contributed by atoms with Gasteiger partial charge in [0.15, 0.2) is 5.60 Å². The van der Waals surface area contributed by atoms with E-state index >= 15 is 0 Å². The first-order valence-corrected chi connectivity index (χ1v) is 11.7. The van der Waals surface area contributed by atoms with Crippen LogP contribution in [0.5, 0.6) is 5.75 Å². The molecule has 1 heterocycles. The first kappa shape index (κ1) is 29.9. The number of halogens is 2. The molecule has 210 valence electrons. The van der Waals surface area contributed by atoms with Gasteiger partial charge in [-0.15, -0.1) is 0 Å². The number of aliphatic hydroxyl groups is 4. The van der Waals surface area contributed by atoms with Gasteiger partial charge >= 0.3 is 0 Å². The van der Waals surface area contributed by atoms with Gasteiger partial charge in [0.05, 0.1) is 6.10 Å². The summed E-state index contributed by atoms with van der Waals surface area (Å²) in [6, 6.07) is 9.92. The topological polar surface area (TPSA) is 178 Å². The van der Waals surface area contributed by atoms with E-state index in [9.17, 15) is 38.8 Å². The zero-order valence-electron chi connectivity index (χ0n) is 20.8. The highest BCUT2D eigenvalue weighted by molar-refractivity contribution is 5.97. The fraction of sp³-hybridized carbons (Fsp3) is 0.385. The number of benzene rings is 2. The Labute approximate surface area is 221 Å². The van der Waals surface area contributed by atoms with Crippen LogP contribution < -0.4 is 15.5 Å². The van der Waals surface area contributed by atoms with Crippen LogP contribution in [0.15, 0.2) is 48.5 Å². The van der Waals surface area contributed by atoms with Gasteiger partial charge in [-0.25, -0.2) is 14.3 Å². The average molecular weight is 551 g/mol. The Hall–Kier alpha value is -3.64. The Balaban J connectivity index is 1.64. The van der Waals surface area contributed by atoms with E-state index in [2.05, 4.69) is 11.8 Å². The van der Waals surface area contributed by atoms with Crippen LogP contribution in [0.2, 0.25) is 0 Å². The van der Waals surface area contributed by atoms with E-state index in [0.717, 1.165) is 5.48 Å². The van der Waals surface area contributed by atoms with Gasteiger partial charge in [-0.2, -0.15) is 0 Å². The predicted octanol–water partition coefficient (Wildman–Crippen LogP) is -0.0874. The van der Waals surface area contributed by atoms with Gasteiger partial charge in [0.25, 0.3) is 18.2 Å². The zero-order valence-corrected chi connectivity index (χ0v) is 20.8. The minimum absolute atomic E-state index is 0.0121. The van der Waals surface area contributed by atoms with Crippen LogP contribution in [0.1, 0.15) is 35.3 Å². The molecule has 2 aromatic carbocycles. The Morgan fingerprint density at radius 1 is 0.974 bits per heavy atom. The molecule has 11 nitrogen and oxygen atoms in total. The first-order chi connectivity index (χ1) is 18.3. The summed E-state index contributed by atoms with van der Waals surface area (Å²) < 4.78 is 37.3. The maximum Gasteiger partial charge on any atom is 0.269 e. The van der Waals surface area contributed by atoms with Crippen LogP contribution in [-0.4, -0.2) is 86.2 Å². The molecular weight excluding hydrogens is 522 g/mol. The van der Waals surface area contributed by atoms with Crippen molar-refractivity contribution in [1.29, 1.82) is 0 Å². The lowest BCUT2D eigenvalue weighted by atomic mass is 9.95. The molecule has 0 radical (unpaired) electrons. The lowest BCUT2D eigenvalue weighted by Crippen LogP contribution is -2.61. The fourth-order valence-electron chi connectivity index (χ4n) is 3.59. The molecule has 7 N–H and O–H groups in total. The summed E-state index contributed by atoms with van der Waals surface area (Å²) in [6.07, 6.45) is -9.43. The Bertz CT molecular complexity index is 1210. The highest BCUT2D eigenvalue weighted by atomic mass is 19.3. The quantitative estimate of drug-likeness (QED) is 0.141. The van der Waals surface area contributed by atoms with Crippen molar-refractivity contribution in [3.63, 3.8) is 0 Å². The summed E-state index contributed by atoms with van der Waals surface area (Å²) in [4.78, 5) is 24.2. The monoisotopic (exact) mass is 550 g/mol. The Kier molecular flexibility index (Phi) is 9.57. The highest BCUT2D eigenvalue weighted by Crippen LogP contribution is 2.24. The minimum Gasteiger partial charge on any atom is -0.462 e. The van der Waals surface area contributed by atoms with Crippen molar-refractivity contribution in [2.75, 3.05) is 0 Å². The summed E-state index contributed by atoms with van der Waals surface area (Å²) in [6.45, 7) is 2.19. The lowest BCUT2D eigenvalue weighted by molar-refractivity contribution is -0.268. The molecule has 0 bridgehead atoms. The molecule has 7 unspecified atom stereocenters. The molecule has 13 heteroatoms. The number of ether oxygens (including phenoxy) is 2. The predicted molar refractivity (Wildman–Crippen MR) is 130 cm³/mol. The van der Waals surface area contributed by atoms with Crippen molar-refractivity contribution < 1.29 is 53.5 Å². The molecule has 1 saturated heterocycles. The van der Waals surface area contributed by atoms with Crippen molar-refractivity contribution in [3.8, 4) is 17.6 Å². The number of carbonyl (C=O) groups is 2. The van der Waals surface area contributed by atoms with Crippen molar-refractivity contribution in [3.05, 3.63) is 65.2 Å². The molecule has 3 rings (SSSR count). The molecule has 7 atom stereocenters. The van der Waals surface area contributed by atoms with Crippen LogP contribution in [0.25, 0.3) is 0 Å². The van der Waals surface area contributed by atoms with E-state index in [-0.39, 0.29) is 5.56 Å². The summed E-state index contributed by atoms with van der Waals surface area (Å²) >= 11 is 0. The van der Waals surface area contributed by atoms with Crippen molar-refractivity contribution in [1.82, 2.24) is 10.8 Å². The van der Waals surface area contributed by atoms with Gasteiger partial charge in [-0.3, -0.25) is 14.8 Å². The summed E-state index contributed by atoms with van der Waals surface area (Å²) in [5, 5.41) is 50.4. The third-order valence-electron chi connectivity index (χ3n) is 6.09. The van der Waals surface area contributed by atoms with Crippen molar-refractivity contribution >= 4 is 11.8 Å². The first-order valence-electron chi connectivity index (χ1n) is 11.7. The van der Waals surface area contributed by atoms with Crippen LogP contribution in [-0.2, 0) is 9.53 Å². The van der Waals surface area contributed by atoms with Gasteiger partial charge in [0, 0.05) is 16.7 Å². The average Bonchev–Trinajstić information content (AvgIpc) is 2.92. The molecule has 1 aliphatic heterocycles. The van der Waals surface area contributed by atoms with Gasteiger partial charge in [-0.05, 0) is 62.4 Å². The molecule has 0 aliphatic carbocycles. The van der Waals surface area contributed by atoms with E-state index < -0.39 is 60.6 Å². The number of alkyl halides is 2. The number of amides is 2. The molecule has 2 aromatic rings. The normalized spacial score (nSPS) is 25.0. The minimum atomic E-state index is -3.39. The zero-order chi connectivity index (χ0) is 28.9. The third kappa shape index (κ3) is 7.07. The van der Waals surface area contributed by atoms with Gasteiger partial charge < -0.3 is 35.2 Å². The third-order valence-corrected chi connectivity index (χ3v) is 6.09. The Morgan fingerprint density at radius 2 is 1.51 bits per heavy atom. The summed E-state index contributed by atoms with van der Waals surface area (Å²) in [5.74, 6) is 3.74. The molecule has 0 aromatic heterocycles. The van der Waals surface area contributed by atoms with E-state index in [1.165, 1.54) is 31.2 Å². The lowest BCUT2D eigenvalue weighted by Gasteiger charge is -2.38. The summed E-state index contributed by atoms with van der Waals surface area (Å²) in [7, 11) is 0. The summed E-state index contributed by atoms with van der Waals surface area (Å²) in [5.41, 5.74) is -0.726. The highest BCUT2D eigenvalue weighted by Gasteiger charge is 2.46. The molecule has 1 aliphatic rings. The van der Waals surface area contributed by atoms with Crippen LogP contribution in [0.3, 0.4) is 0 Å². The van der Waals surface area contributed by atoms with Gasteiger partial charge in [-0.1, -0.05) is 11.8 Å². The maximum absolute atomic E-state index is 13.2. The molecule has 2 amide bonds. The van der Waals surface area contributed by atoms with E-state index in [1.807, 2.05) is 5.32 Å². The van der Waals surface area contributed by atoms with Crippen molar-refractivity contribution in [2.24, 2.45) is 0 Å². The Morgan fingerprint density at radius 3 is 2.03 bits per heavy atom. The standard InChI is InChI=1S/C26H28F2N2O9/c1-13-18(31)19(32)20(33)24(38-13)39-17-11-7-15(8-12-17)4-3-14-5-9-16(10-6-14)22(34)29-21(23(35)30-37)26(2,36)25(27)28/h5-13,18-21,24-25,31-33,36-37H,1-2H3,(H,29,34)(H,30,35). The van der Waals surface area contributed by atoms with Crippen molar-refractivity contribution in [2.45, 2.75) is 62.6 Å². The maximum atomic E-state index is 13.2. The van der Waals surface area contributed by atoms with Gasteiger partial charge in [0.2, 0.25) is 6.29 Å². The number of hydroxylamine groups is 1. The number of nitrogens with one attached hydrogen (secondary N) is 2. The molecule has 1 fully saturated rings. The number of aliphatic hydroxyl groups excluding tert-OH is 3. The number of hydrogen-bond acceptors (Lipinski definition) is 9. The van der Waals surface area contributed by atoms with Crippen LogP contribution >= 0.6 is 0 Å². The number of hydrogen-bond donors (Lipinski definition) is 7. The second kappa shape index (κ2) is 12.5. The van der Waals surface area contributed by atoms with E-state index in [1.54, 1.807) is 24.3 Å². The largest absolute Gasteiger partial charge is 0.462 e. The molecule has 0 saturated carbocycles. The van der Waals surface area contributed by atoms with Crippen LogP contribution in [0, 0.1) is 11.8 Å². The molecule has 0 spiro atoms. The smallest absolute Gasteiger partial charge is 0.269 e. The second-order valence-corrected chi connectivity index (χ2v) is 9.06. The number of rotatable bonds is 7. The second-order valence-electron chi connectivity index (χ2n) is 9.06. The number of carbonyl (C=O) groups excluding carboxylic acids is 2. The van der Waals surface area contributed by atoms with Gasteiger partial charge in [0.1, 0.15) is 30.1 Å². The van der Waals surface area contributed by atoms with E-state index in [4.69, 9.17) is 14.7 Å². The fourth-order valence-corrected chi connectivity index (χ4v) is 3.59. The van der Waals surface area contributed by atoms with Crippen LogP contribution in [0.4, 0.5) is 8.78 Å². The SMILES string of the molecule is CC1OC(Oc2ccc(C#Cc3ccc(C(=O)NC(C(=O)NO)C(C)(O)C(F)F)cc3)cc2)C(O)C(O)C1O.